The molecule has 26 heavy (non-hydrogen) atoms. The van der Waals surface area contributed by atoms with Crippen molar-refractivity contribution in [3.63, 3.8) is 0 Å². The van der Waals surface area contributed by atoms with Crippen molar-refractivity contribution in [2.45, 2.75) is 54.9 Å². The molecule has 3 aromatic carbocycles. The summed E-state index contributed by atoms with van der Waals surface area (Å²) in [5, 5.41) is 2.75. The van der Waals surface area contributed by atoms with Crippen LogP contribution in [0.1, 0.15) is 47.2 Å². The third kappa shape index (κ3) is 6.27. The molecule has 0 saturated heterocycles. The van der Waals surface area contributed by atoms with Gasteiger partial charge in [0.25, 0.3) is 0 Å². The van der Waals surface area contributed by atoms with Gasteiger partial charge in [0.1, 0.15) is 0 Å². The Morgan fingerprint density at radius 3 is 1.81 bits per heavy atom. The molecular weight excluding hydrogens is 405 g/mol. The maximum atomic E-state index is 2.30. The van der Waals surface area contributed by atoms with E-state index in [2.05, 4.69) is 84.9 Å². The number of hydrogen-bond acceptors (Lipinski definition) is 0. The summed E-state index contributed by atoms with van der Waals surface area (Å²) in [6.45, 7) is 15.5. The van der Waals surface area contributed by atoms with Gasteiger partial charge in [-0.15, -0.1) is 40.6 Å². The number of fused-ring (bicyclic) bond motifs is 1. The smallest absolute Gasteiger partial charge is 1.00 e. The zero-order valence-corrected chi connectivity index (χ0v) is 19.5. The van der Waals surface area contributed by atoms with Crippen LogP contribution in [0.5, 0.6) is 0 Å². The van der Waals surface area contributed by atoms with Crippen LogP contribution in [0.4, 0.5) is 0 Å². The van der Waals surface area contributed by atoms with Crippen molar-refractivity contribution in [3.05, 3.63) is 69.8 Å². The second kappa shape index (κ2) is 11.6. The van der Waals surface area contributed by atoms with Crippen LogP contribution in [0.3, 0.4) is 0 Å². The average molecular weight is 436 g/mol. The molecule has 0 aliphatic rings. The zero-order chi connectivity index (χ0) is 17.1. The Labute approximate surface area is 176 Å². The van der Waals surface area contributed by atoms with Crippen LogP contribution in [-0.4, -0.2) is 0 Å². The fraction of sp³-hybridized carbons (Fsp3) is 0.391. The Morgan fingerprint density at radius 1 is 0.923 bits per heavy atom. The monoisotopic (exact) mass is 434 g/mol. The van der Waals surface area contributed by atoms with E-state index in [0.29, 0.717) is 0 Å². The molecule has 0 atom stereocenters. The van der Waals surface area contributed by atoms with E-state index in [9.17, 15) is 0 Å². The molecule has 3 rings (SSSR count). The summed E-state index contributed by atoms with van der Waals surface area (Å²) >= 11 is 0. The van der Waals surface area contributed by atoms with Crippen molar-refractivity contribution in [2.24, 2.45) is 5.92 Å². The van der Waals surface area contributed by atoms with Crippen molar-refractivity contribution < 1.29 is 35.6 Å². The van der Waals surface area contributed by atoms with Crippen LogP contribution < -0.4 is 9.41 Å². The van der Waals surface area contributed by atoms with E-state index in [0.717, 1.165) is 5.92 Å². The number of hydrogen-bond donors (Lipinski definition) is 0. The molecule has 0 nitrogen and oxygen atoms in total. The van der Waals surface area contributed by atoms with Crippen molar-refractivity contribution in [1.29, 1.82) is 0 Å². The second-order valence-electron chi connectivity index (χ2n) is 7.22. The summed E-state index contributed by atoms with van der Waals surface area (Å²) in [7, 11) is 0. The maximum Gasteiger partial charge on any atom is 4.00 e. The summed E-state index contributed by atoms with van der Waals surface area (Å²) in [6.07, 6.45) is 1.19. The first-order chi connectivity index (χ1) is 10.8. The molecule has 0 aliphatic carbocycles. The van der Waals surface area contributed by atoms with Gasteiger partial charge in [0.15, 0.2) is 0 Å². The Morgan fingerprint density at radius 2 is 1.42 bits per heavy atom. The minimum atomic E-state index is 0. The standard InChI is InChI=1S/C13H15.C10H15.2FH.Zr/c1-10(2)7-11-8-12-5-3-4-6-13(12)9-11;1-6-7(2)9(4)10(5)8(6)3;;;/h3-6,8-10H,7H2,1-2H3;1-5H3;2*1H;/q2*-1;;;+4/p-2. The van der Waals surface area contributed by atoms with E-state index in [4.69, 9.17) is 0 Å². The van der Waals surface area contributed by atoms with Crippen molar-refractivity contribution >= 4 is 10.8 Å². The predicted molar refractivity (Wildman–Crippen MR) is 104 cm³/mol. The third-order valence-corrected chi connectivity index (χ3v) is 5.13. The Bertz CT molecular complexity index is 681. The molecule has 0 unspecified atom stereocenters. The molecule has 0 saturated carbocycles. The molecule has 0 amide bonds. The van der Waals surface area contributed by atoms with Crippen LogP contribution in [0.2, 0.25) is 0 Å². The Balaban J connectivity index is 0. The van der Waals surface area contributed by atoms with Gasteiger partial charge in [-0.1, -0.05) is 54.5 Å². The van der Waals surface area contributed by atoms with Gasteiger partial charge in [0.05, 0.1) is 0 Å². The maximum absolute atomic E-state index is 2.30. The first kappa shape index (κ1) is 27.1. The SMILES string of the molecule is CC(C)Cc1cc2ccccc2[cH-]1.Cc1c(C)c(C)[c-](C)c1C.[F-].[F-].[Zr+4]. The summed E-state index contributed by atoms with van der Waals surface area (Å²) < 4.78 is 0. The van der Waals surface area contributed by atoms with E-state index in [1.165, 1.54) is 50.6 Å². The van der Waals surface area contributed by atoms with Crippen molar-refractivity contribution in [3.8, 4) is 0 Å². The van der Waals surface area contributed by atoms with E-state index >= 15 is 0 Å². The summed E-state index contributed by atoms with van der Waals surface area (Å²) in [4.78, 5) is 0. The first-order valence-electron chi connectivity index (χ1n) is 8.65. The van der Waals surface area contributed by atoms with Gasteiger partial charge in [-0.2, -0.15) is 33.9 Å². The van der Waals surface area contributed by atoms with E-state index in [1.807, 2.05) is 0 Å². The van der Waals surface area contributed by atoms with Gasteiger partial charge >= 0.3 is 26.2 Å². The molecular formula is C23H30F2Zr. The summed E-state index contributed by atoms with van der Waals surface area (Å²) in [5.41, 5.74) is 8.81. The molecule has 0 N–H and O–H groups in total. The van der Waals surface area contributed by atoms with Gasteiger partial charge in [-0.25, -0.2) is 0 Å². The van der Waals surface area contributed by atoms with Crippen LogP contribution in [0.15, 0.2) is 36.4 Å². The van der Waals surface area contributed by atoms with Crippen LogP contribution in [0.25, 0.3) is 10.8 Å². The number of rotatable bonds is 2. The summed E-state index contributed by atoms with van der Waals surface area (Å²) in [6, 6.07) is 13.2. The predicted octanol–water partition coefficient (Wildman–Crippen LogP) is 0.710. The molecule has 0 aromatic heterocycles. The van der Waals surface area contributed by atoms with Crippen LogP contribution >= 0.6 is 0 Å². The Hall–Kier alpha value is -1.08. The quantitative estimate of drug-likeness (QED) is 0.520. The molecule has 140 valence electrons. The molecule has 0 heterocycles. The normalized spacial score (nSPS) is 9.69. The van der Waals surface area contributed by atoms with Crippen LogP contribution in [0, 0.1) is 40.5 Å². The molecule has 0 radical (unpaired) electrons. The van der Waals surface area contributed by atoms with Gasteiger partial charge in [-0.05, 0) is 12.3 Å². The van der Waals surface area contributed by atoms with Crippen LogP contribution in [-0.2, 0) is 32.6 Å². The molecule has 0 aliphatic heterocycles. The van der Waals surface area contributed by atoms with Gasteiger partial charge in [0.2, 0.25) is 0 Å². The van der Waals surface area contributed by atoms with Crippen molar-refractivity contribution in [2.75, 3.05) is 0 Å². The van der Waals surface area contributed by atoms with E-state index < -0.39 is 0 Å². The molecule has 0 fully saturated rings. The van der Waals surface area contributed by atoms with Gasteiger partial charge < -0.3 is 9.41 Å². The molecule has 0 bridgehead atoms. The molecule has 3 aromatic rings. The molecule has 3 heteroatoms. The first-order valence-corrected chi connectivity index (χ1v) is 8.65. The van der Waals surface area contributed by atoms with E-state index in [-0.39, 0.29) is 35.6 Å². The zero-order valence-electron chi connectivity index (χ0n) is 17.0. The topological polar surface area (TPSA) is 0 Å². The second-order valence-corrected chi connectivity index (χ2v) is 7.22. The van der Waals surface area contributed by atoms with Gasteiger partial charge in [-0.3, -0.25) is 0 Å². The number of halogens is 2. The van der Waals surface area contributed by atoms with Gasteiger partial charge in [0, 0.05) is 0 Å². The summed E-state index contributed by atoms with van der Waals surface area (Å²) in [5.74, 6) is 0.747. The molecule has 0 spiro atoms. The fourth-order valence-corrected chi connectivity index (χ4v) is 3.21. The fourth-order valence-electron chi connectivity index (χ4n) is 3.21. The minimum absolute atomic E-state index is 0. The third-order valence-electron chi connectivity index (χ3n) is 5.13. The average Bonchev–Trinajstić information content (AvgIpc) is 2.98. The Kier molecular flexibility index (Phi) is 12.1. The largest absolute Gasteiger partial charge is 4.00 e. The van der Waals surface area contributed by atoms with E-state index in [1.54, 1.807) is 0 Å². The minimum Gasteiger partial charge on any atom is -1.00 e. The van der Waals surface area contributed by atoms with Crippen molar-refractivity contribution in [1.82, 2.24) is 0 Å². The number of benzene rings is 1.